The summed E-state index contributed by atoms with van der Waals surface area (Å²) in [4.78, 5) is 33.5. The molecule has 0 fully saturated rings. The molecule has 0 bridgehead atoms. The van der Waals surface area contributed by atoms with E-state index in [0.29, 0.717) is 18.9 Å². The predicted octanol–water partition coefficient (Wildman–Crippen LogP) is 0.642. The van der Waals surface area contributed by atoms with Gasteiger partial charge in [-0.05, 0) is 12.1 Å². The molecule has 10 nitrogen and oxygen atoms in total. The average molecular weight is 352 g/mol. The Balaban J connectivity index is 1.95. The van der Waals surface area contributed by atoms with Crippen LogP contribution in [0.4, 0.5) is 5.69 Å². The third kappa shape index (κ3) is 5.18. The zero-order chi connectivity index (χ0) is 18.2. The molecule has 0 spiro atoms. The fourth-order valence-electron chi connectivity index (χ4n) is 1.92. The van der Waals surface area contributed by atoms with Crippen molar-refractivity contribution in [2.45, 2.75) is 0 Å². The predicted molar refractivity (Wildman–Crippen MR) is 84.1 cm³/mol. The molecule has 1 amide bonds. The van der Waals surface area contributed by atoms with Gasteiger partial charge in [0.05, 0.1) is 23.2 Å². The van der Waals surface area contributed by atoms with Crippen molar-refractivity contribution in [1.82, 2.24) is 5.32 Å². The summed E-state index contributed by atoms with van der Waals surface area (Å²) in [6.07, 6.45) is 2.21. The van der Waals surface area contributed by atoms with Crippen LogP contribution in [0.2, 0.25) is 0 Å². The molecule has 0 unspecified atom stereocenters. The molecule has 1 aliphatic rings. The standard InChI is InChI=1S/C15H16N2O8/c1-22-5-4-16-14(18)8-23-15(19)3-2-10-6-12-13(25-9-24-12)7-11(10)17(20)21/h2-3,6-7H,4-5,8-9H2,1H3,(H,16,18)/b3-2+. The van der Waals surface area contributed by atoms with Crippen LogP contribution in [-0.2, 0) is 19.1 Å². The van der Waals surface area contributed by atoms with E-state index in [1.807, 2.05) is 0 Å². The summed E-state index contributed by atoms with van der Waals surface area (Å²) >= 11 is 0. The van der Waals surface area contributed by atoms with Gasteiger partial charge in [0, 0.05) is 19.7 Å². The van der Waals surface area contributed by atoms with E-state index in [0.717, 1.165) is 6.08 Å². The molecule has 10 heteroatoms. The van der Waals surface area contributed by atoms with Gasteiger partial charge in [-0.1, -0.05) is 0 Å². The lowest BCUT2D eigenvalue weighted by Crippen LogP contribution is -2.31. The maximum atomic E-state index is 11.6. The highest BCUT2D eigenvalue weighted by molar-refractivity contribution is 5.90. The first kappa shape index (κ1) is 18.2. The number of hydrogen-bond donors (Lipinski definition) is 1. The van der Waals surface area contributed by atoms with Crippen molar-refractivity contribution in [1.29, 1.82) is 0 Å². The number of benzene rings is 1. The van der Waals surface area contributed by atoms with Gasteiger partial charge in [0.25, 0.3) is 11.6 Å². The number of hydrogen-bond acceptors (Lipinski definition) is 8. The molecule has 2 rings (SSSR count). The minimum atomic E-state index is -0.811. The van der Waals surface area contributed by atoms with Crippen molar-refractivity contribution in [2.75, 3.05) is 33.7 Å². The lowest BCUT2D eigenvalue weighted by atomic mass is 10.1. The number of carbonyl (C=O) groups is 2. The highest BCUT2D eigenvalue weighted by Crippen LogP contribution is 2.38. The topological polar surface area (TPSA) is 126 Å². The SMILES string of the molecule is COCCNC(=O)COC(=O)/C=C/c1cc2c(cc1[N+](=O)[O-])OCO2. The average Bonchev–Trinajstić information content (AvgIpc) is 3.04. The van der Waals surface area contributed by atoms with Gasteiger partial charge in [0.15, 0.2) is 18.1 Å². The highest BCUT2D eigenvalue weighted by Gasteiger charge is 2.22. The number of nitro benzene ring substituents is 1. The van der Waals surface area contributed by atoms with E-state index in [1.165, 1.54) is 25.3 Å². The fourth-order valence-corrected chi connectivity index (χ4v) is 1.92. The Bertz CT molecular complexity index is 701. The quantitative estimate of drug-likeness (QED) is 0.237. The number of fused-ring (bicyclic) bond motifs is 1. The summed E-state index contributed by atoms with van der Waals surface area (Å²) in [5.41, 5.74) is -0.0960. The first-order valence-corrected chi connectivity index (χ1v) is 7.19. The van der Waals surface area contributed by atoms with Crippen LogP contribution in [0.3, 0.4) is 0 Å². The van der Waals surface area contributed by atoms with Crippen LogP contribution >= 0.6 is 0 Å². The van der Waals surface area contributed by atoms with Crippen molar-refractivity contribution < 1.29 is 33.5 Å². The molecule has 0 saturated carbocycles. The molecular formula is C15H16N2O8. The van der Waals surface area contributed by atoms with Crippen LogP contribution in [0, 0.1) is 10.1 Å². The lowest BCUT2D eigenvalue weighted by molar-refractivity contribution is -0.385. The van der Waals surface area contributed by atoms with E-state index in [9.17, 15) is 19.7 Å². The smallest absolute Gasteiger partial charge is 0.331 e. The van der Waals surface area contributed by atoms with Gasteiger partial charge in [0.1, 0.15) is 0 Å². The summed E-state index contributed by atoms with van der Waals surface area (Å²) in [5, 5.41) is 13.6. The van der Waals surface area contributed by atoms with Crippen LogP contribution < -0.4 is 14.8 Å². The monoisotopic (exact) mass is 352 g/mol. The molecule has 0 aliphatic carbocycles. The molecule has 0 radical (unpaired) electrons. The Labute approximate surface area is 142 Å². The molecule has 1 aromatic carbocycles. The molecular weight excluding hydrogens is 336 g/mol. The van der Waals surface area contributed by atoms with Crippen molar-refractivity contribution in [3.63, 3.8) is 0 Å². The van der Waals surface area contributed by atoms with Crippen molar-refractivity contribution in [2.24, 2.45) is 0 Å². The first-order valence-electron chi connectivity index (χ1n) is 7.19. The zero-order valence-electron chi connectivity index (χ0n) is 13.4. The second-order valence-electron chi connectivity index (χ2n) is 4.81. The van der Waals surface area contributed by atoms with Gasteiger partial charge in [-0.2, -0.15) is 0 Å². The number of nitrogens with zero attached hydrogens (tertiary/aromatic N) is 1. The molecule has 0 saturated heterocycles. The summed E-state index contributed by atoms with van der Waals surface area (Å²) in [6.45, 7) is 0.148. The summed E-state index contributed by atoms with van der Waals surface area (Å²) in [6, 6.07) is 2.61. The van der Waals surface area contributed by atoms with Crippen LogP contribution in [0.5, 0.6) is 11.5 Å². The van der Waals surface area contributed by atoms with E-state index in [-0.39, 0.29) is 23.8 Å². The molecule has 1 N–H and O–H groups in total. The Morgan fingerprint density at radius 3 is 2.76 bits per heavy atom. The molecule has 134 valence electrons. The van der Waals surface area contributed by atoms with E-state index in [2.05, 4.69) is 5.32 Å². The van der Waals surface area contributed by atoms with Crippen LogP contribution in [0.1, 0.15) is 5.56 Å². The largest absolute Gasteiger partial charge is 0.454 e. The highest BCUT2D eigenvalue weighted by atomic mass is 16.7. The Morgan fingerprint density at radius 1 is 1.36 bits per heavy atom. The maximum absolute atomic E-state index is 11.6. The third-order valence-electron chi connectivity index (χ3n) is 3.09. The van der Waals surface area contributed by atoms with Gasteiger partial charge in [0.2, 0.25) is 6.79 Å². The molecule has 1 heterocycles. The third-order valence-corrected chi connectivity index (χ3v) is 3.09. The van der Waals surface area contributed by atoms with Crippen molar-refractivity contribution in [3.8, 4) is 11.5 Å². The fraction of sp³-hybridized carbons (Fsp3) is 0.333. The molecule has 1 aromatic rings. The summed E-state index contributed by atoms with van der Waals surface area (Å²) in [7, 11) is 1.49. The zero-order valence-corrected chi connectivity index (χ0v) is 13.4. The minimum Gasteiger partial charge on any atom is -0.454 e. The number of nitrogens with one attached hydrogen (secondary N) is 1. The number of methoxy groups -OCH3 is 1. The number of esters is 1. The number of carbonyl (C=O) groups excluding carboxylic acids is 2. The van der Waals surface area contributed by atoms with Crippen LogP contribution in [-0.4, -0.2) is 50.5 Å². The van der Waals surface area contributed by atoms with Gasteiger partial charge in [-0.3, -0.25) is 14.9 Å². The van der Waals surface area contributed by atoms with Gasteiger partial charge < -0.3 is 24.3 Å². The van der Waals surface area contributed by atoms with Crippen LogP contribution in [0.15, 0.2) is 18.2 Å². The van der Waals surface area contributed by atoms with Crippen molar-refractivity contribution in [3.05, 3.63) is 33.9 Å². The van der Waals surface area contributed by atoms with Gasteiger partial charge in [-0.15, -0.1) is 0 Å². The maximum Gasteiger partial charge on any atom is 0.331 e. The second kappa shape index (κ2) is 8.64. The Hall–Kier alpha value is -3.14. The van der Waals surface area contributed by atoms with Crippen LogP contribution in [0.25, 0.3) is 6.08 Å². The number of amides is 1. The minimum absolute atomic E-state index is 0.0279. The Kier molecular flexibility index (Phi) is 6.29. The number of rotatable bonds is 8. The molecule has 0 aromatic heterocycles. The van der Waals surface area contributed by atoms with E-state index < -0.39 is 23.4 Å². The molecule has 0 atom stereocenters. The first-order chi connectivity index (χ1) is 12.0. The second-order valence-corrected chi connectivity index (χ2v) is 4.81. The Morgan fingerprint density at radius 2 is 2.08 bits per heavy atom. The van der Waals surface area contributed by atoms with E-state index in [1.54, 1.807) is 0 Å². The van der Waals surface area contributed by atoms with E-state index in [4.69, 9.17) is 18.9 Å². The van der Waals surface area contributed by atoms with E-state index >= 15 is 0 Å². The lowest BCUT2D eigenvalue weighted by Gasteiger charge is -2.04. The summed E-state index contributed by atoms with van der Waals surface area (Å²) < 4.78 is 19.7. The normalized spacial score (nSPS) is 12.2. The van der Waals surface area contributed by atoms with Crippen molar-refractivity contribution >= 4 is 23.6 Å². The number of ether oxygens (including phenoxy) is 4. The summed E-state index contributed by atoms with van der Waals surface area (Å²) in [5.74, 6) is -0.683. The number of nitro groups is 1. The molecule has 25 heavy (non-hydrogen) atoms. The molecule has 1 aliphatic heterocycles. The van der Waals surface area contributed by atoms with Gasteiger partial charge in [-0.25, -0.2) is 4.79 Å². The van der Waals surface area contributed by atoms with Gasteiger partial charge >= 0.3 is 5.97 Å².